The molecule has 0 aromatic carbocycles. The Hall–Kier alpha value is -0.0800. The minimum atomic E-state index is 0.427. The molecule has 1 unspecified atom stereocenters. The van der Waals surface area contributed by atoms with E-state index in [4.69, 9.17) is 0 Å². The Bertz CT molecular complexity index is 328. The van der Waals surface area contributed by atoms with Crippen LogP contribution in [0.5, 0.6) is 0 Å². The monoisotopic (exact) mass is 248 g/mol. The summed E-state index contributed by atoms with van der Waals surface area (Å²) in [6.45, 7) is 7.79. The average Bonchev–Trinajstić information content (AvgIpc) is 3.13. The van der Waals surface area contributed by atoms with E-state index in [-0.39, 0.29) is 0 Å². The quantitative estimate of drug-likeness (QED) is 0.823. The lowest BCUT2D eigenvalue weighted by atomic mass is 9.93. The van der Waals surface area contributed by atoms with E-state index in [1.54, 1.807) is 0 Å². The SMILES string of the molecule is CC1(C2CC2)CN(CC2(C3CC3)CC2)CCCN1. The maximum Gasteiger partial charge on any atom is 0.0308 e. The summed E-state index contributed by atoms with van der Waals surface area (Å²) in [5.74, 6) is 2.08. The van der Waals surface area contributed by atoms with Gasteiger partial charge >= 0.3 is 0 Å². The number of nitrogens with one attached hydrogen (secondary N) is 1. The fraction of sp³-hybridized carbons (Fsp3) is 1.00. The third kappa shape index (κ3) is 2.12. The molecule has 2 nitrogen and oxygen atoms in total. The predicted molar refractivity (Wildman–Crippen MR) is 74.6 cm³/mol. The highest BCUT2D eigenvalue weighted by Gasteiger charge is 2.55. The Labute approximate surface area is 111 Å². The lowest BCUT2D eigenvalue weighted by molar-refractivity contribution is 0.161. The molecule has 102 valence electrons. The molecule has 3 saturated carbocycles. The van der Waals surface area contributed by atoms with E-state index in [2.05, 4.69) is 17.1 Å². The van der Waals surface area contributed by atoms with Gasteiger partial charge in [0, 0.05) is 18.6 Å². The highest BCUT2D eigenvalue weighted by Crippen LogP contribution is 2.61. The van der Waals surface area contributed by atoms with Gasteiger partial charge in [-0.05, 0) is 82.2 Å². The number of nitrogens with zero attached hydrogens (tertiary/aromatic N) is 1. The van der Waals surface area contributed by atoms with Gasteiger partial charge in [0.15, 0.2) is 0 Å². The van der Waals surface area contributed by atoms with E-state index in [1.807, 2.05) is 0 Å². The van der Waals surface area contributed by atoms with E-state index >= 15 is 0 Å². The first kappa shape index (κ1) is 11.7. The van der Waals surface area contributed by atoms with Gasteiger partial charge in [-0.1, -0.05) is 0 Å². The maximum absolute atomic E-state index is 3.86. The van der Waals surface area contributed by atoms with E-state index in [9.17, 15) is 0 Å². The van der Waals surface area contributed by atoms with Crippen LogP contribution in [0.3, 0.4) is 0 Å². The molecule has 4 fully saturated rings. The van der Waals surface area contributed by atoms with Crippen LogP contribution in [0.1, 0.15) is 51.9 Å². The van der Waals surface area contributed by atoms with Crippen LogP contribution in [0.4, 0.5) is 0 Å². The Morgan fingerprint density at radius 2 is 1.83 bits per heavy atom. The van der Waals surface area contributed by atoms with Crippen molar-refractivity contribution in [2.45, 2.75) is 57.4 Å². The lowest BCUT2D eigenvalue weighted by Gasteiger charge is -2.35. The molecular weight excluding hydrogens is 220 g/mol. The van der Waals surface area contributed by atoms with Gasteiger partial charge in [-0.3, -0.25) is 0 Å². The van der Waals surface area contributed by atoms with Crippen LogP contribution in [0, 0.1) is 17.3 Å². The molecule has 1 atom stereocenters. The molecule has 1 heterocycles. The van der Waals surface area contributed by atoms with Gasteiger partial charge in [0.2, 0.25) is 0 Å². The van der Waals surface area contributed by atoms with Crippen LogP contribution in [0.25, 0.3) is 0 Å². The molecule has 0 spiro atoms. The second-order valence-corrected chi connectivity index (χ2v) is 7.82. The van der Waals surface area contributed by atoms with Crippen molar-refractivity contribution in [3.8, 4) is 0 Å². The van der Waals surface area contributed by atoms with Gasteiger partial charge in [-0.2, -0.15) is 0 Å². The molecule has 18 heavy (non-hydrogen) atoms. The molecule has 3 aliphatic carbocycles. The summed E-state index contributed by atoms with van der Waals surface area (Å²) in [6, 6.07) is 0. The van der Waals surface area contributed by atoms with E-state index in [0.29, 0.717) is 5.54 Å². The number of rotatable bonds is 4. The number of hydrogen-bond donors (Lipinski definition) is 1. The second-order valence-electron chi connectivity index (χ2n) is 7.82. The van der Waals surface area contributed by atoms with Gasteiger partial charge in [0.25, 0.3) is 0 Å². The van der Waals surface area contributed by atoms with Gasteiger partial charge in [-0.15, -0.1) is 0 Å². The molecule has 1 aliphatic heterocycles. The summed E-state index contributed by atoms with van der Waals surface area (Å²) >= 11 is 0. The largest absolute Gasteiger partial charge is 0.310 e. The second kappa shape index (κ2) is 3.96. The molecular formula is C16H28N2. The zero-order valence-electron chi connectivity index (χ0n) is 11.9. The van der Waals surface area contributed by atoms with Crippen molar-refractivity contribution in [3.63, 3.8) is 0 Å². The van der Waals surface area contributed by atoms with Crippen molar-refractivity contribution in [1.29, 1.82) is 0 Å². The standard InChI is InChI=1S/C16H28N2/c1-15(13-3-4-13)11-18(10-2-9-17-15)12-16(7-8-16)14-5-6-14/h13-14,17H,2-12H2,1H3. The highest BCUT2D eigenvalue weighted by atomic mass is 15.2. The minimum absolute atomic E-state index is 0.427. The summed E-state index contributed by atoms with van der Waals surface area (Å²) in [7, 11) is 0. The molecule has 1 N–H and O–H groups in total. The summed E-state index contributed by atoms with van der Waals surface area (Å²) in [5, 5.41) is 3.86. The molecule has 0 bridgehead atoms. The van der Waals surface area contributed by atoms with Crippen LogP contribution in [-0.2, 0) is 0 Å². The fourth-order valence-corrected chi connectivity index (χ4v) is 4.40. The smallest absolute Gasteiger partial charge is 0.0308 e. The van der Waals surface area contributed by atoms with Crippen LogP contribution in [-0.4, -0.2) is 36.6 Å². The van der Waals surface area contributed by atoms with Crippen molar-refractivity contribution < 1.29 is 0 Å². The summed E-state index contributed by atoms with van der Waals surface area (Å²) < 4.78 is 0. The average molecular weight is 248 g/mol. The first-order chi connectivity index (χ1) is 8.70. The van der Waals surface area contributed by atoms with Gasteiger partial charge < -0.3 is 10.2 Å². The van der Waals surface area contributed by atoms with Crippen LogP contribution in [0.2, 0.25) is 0 Å². The van der Waals surface area contributed by atoms with Crippen molar-refractivity contribution in [3.05, 3.63) is 0 Å². The molecule has 0 radical (unpaired) electrons. The zero-order chi connectivity index (χ0) is 12.2. The molecule has 0 aromatic heterocycles. The molecule has 0 amide bonds. The Balaban J connectivity index is 1.43. The van der Waals surface area contributed by atoms with E-state index in [0.717, 1.165) is 17.3 Å². The molecule has 4 aliphatic rings. The first-order valence-corrected chi connectivity index (χ1v) is 8.18. The molecule has 1 saturated heterocycles. The third-order valence-electron chi connectivity index (χ3n) is 6.08. The van der Waals surface area contributed by atoms with Crippen molar-refractivity contribution in [2.75, 3.05) is 26.2 Å². The molecule has 2 heteroatoms. The summed E-state index contributed by atoms with van der Waals surface area (Å²) in [4.78, 5) is 2.82. The third-order valence-corrected chi connectivity index (χ3v) is 6.08. The van der Waals surface area contributed by atoms with Crippen molar-refractivity contribution >= 4 is 0 Å². The Morgan fingerprint density at radius 3 is 2.44 bits per heavy atom. The van der Waals surface area contributed by atoms with Crippen molar-refractivity contribution in [2.24, 2.45) is 17.3 Å². The first-order valence-electron chi connectivity index (χ1n) is 8.18. The fourth-order valence-electron chi connectivity index (χ4n) is 4.40. The zero-order valence-corrected chi connectivity index (χ0v) is 11.9. The predicted octanol–water partition coefficient (Wildman–Crippen LogP) is 2.64. The van der Waals surface area contributed by atoms with Crippen LogP contribution >= 0.6 is 0 Å². The van der Waals surface area contributed by atoms with E-state index in [1.165, 1.54) is 71.1 Å². The summed E-state index contributed by atoms with van der Waals surface area (Å²) in [6.07, 6.45) is 10.4. The van der Waals surface area contributed by atoms with Crippen molar-refractivity contribution in [1.82, 2.24) is 10.2 Å². The van der Waals surface area contributed by atoms with Crippen LogP contribution < -0.4 is 5.32 Å². The van der Waals surface area contributed by atoms with E-state index < -0.39 is 0 Å². The maximum atomic E-state index is 3.86. The molecule has 4 rings (SSSR count). The Morgan fingerprint density at radius 1 is 1.11 bits per heavy atom. The van der Waals surface area contributed by atoms with Crippen LogP contribution in [0.15, 0.2) is 0 Å². The lowest BCUT2D eigenvalue weighted by Crippen LogP contribution is -2.51. The summed E-state index contributed by atoms with van der Waals surface area (Å²) in [5.41, 5.74) is 1.21. The highest BCUT2D eigenvalue weighted by molar-refractivity contribution is 5.07. The van der Waals surface area contributed by atoms with Gasteiger partial charge in [0.1, 0.15) is 0 Å². The minimum Gasteiger partial charge on any atom is -0.310 e. The van der Waals surface area contributed by atoms with Gasteiger partial charge in [-0.25, -0.2) is 0 Å². The molecule has 0 aromatic rings. The van der Waals surface area contributed by atoms with Gasteiger partial charge in [0.05, 0.1) is 0 Å². The topological polar surface area (TPSA) is 15.3 Å². The normalized spacial score (nSPS) is 40.5. The number of hydrogen-bond acceptors (Lipinski definition) is 2. The Kier molecular flexibility index (Phi) is 2.58.